The summed E-state index contributed by atoms with van der Waals surface area (Å²) in [6, 6.07) is 0. The van der Waals surface area contributed by atoms with Crippen LogP contribution in [0, 0.1) is 0 Å². The maximum absolute atomic E-state index is 12.5. The Kier molecular flexibility index (Phi) is 5.65. The zero-order valence-electron chi connectivity index (χ0n) is 11.1. The Balaban J connectivity index is 2.57. The molecule has 0 spiro atoms. The van der Waals surface area contributed by atoms with Crippen LogP contribution in [0.4, 0.5) is 13.2 Å². The molecule has 4 nitrogen and oxygen atoms in total. The Hall–Kier alpha value is -1.24. The summed E-state index contributed by atoms with van der Waals surface area (Å²) < 4.78 is 42.7. The lowest BCUT2D eigenvalue weighted by molar-refractivity contribution is -0.153. The van der Waals surface area contributed by atoms with Crippen molar-refractivity contribution in [2.24, 2.45) is 0 Å². The Labute approximate surface area is 110 Å². The molecule has 0 saturated heterocycles. The molecule has 1 atom stereocenters. The summed E-state index contributed by atoms with van der Waals surface area (Å²) in [5.74, 6) is -0.351. The maximum atomic E-state index is 12.5. The molecule has 1 aliphatic rings. The Morgan fingerprint density at radius 3 is 2.58 bits per heavy atom. The third-order valence-corrected chi connectivity index (χ3v) is 2.74. The second kappa shape index (κ2) is 6.79. The first kappa shape index (κ1) is 15.8. The molecule has 0 bridgehead atoms. The standard InChI is InChI=1S/C12H19F3N2O2/c1-16(2)11(18)8-17(9-12(13,14)15)7-10-5-3-4-6-19-10/h4,6,10H,3,5,7-9H2,1-2H3. The highest BCUT2D eigenvalue weighted by molar-refractivity contribution is 5.77. The summed E-state index contributed by atoms with van der Waals surface area (Å²) in [6.45, 7) is -1.25. The zero-order valence-corrected chi connectivity index (χ0v) is 11.1. The lowest BCUT2D eigenvalue weighted by Gasteiger charge is -2.29. The van der Waals surface area contributed by atoms with Gasteiger partial charge in [-0.25, -0.2) is 0 Å². The number of carbonyl (C=O) groups is 1. The number of likely N-dealkylation sites (N-methyl/N-ethyl adjacent to an activating group) is 1. The van der Waals surface area contributed by atoms with Crippen LogP contribution >= 0.6 is 0 Å². The van der Waals surface area contributed by atoms with Gasteiger partial charge in [0.1, 0.15) is 6.10 Å². The molecule has 0 aromatic carbocycles. The van der Waals surface area contributed by atoms with Crippen LogP contribution in [0.15, 0.2) is 12.3 Å². The molecule has 0 aromatic rings. The summed E-state index contributed by atoms with van der Waals surface area (Å²) in [4.78, 5) is 13.9. The largest absolute Gasteiger partial charge is 0.497 e. The van der Waals surface area contributed by atoms with E-state index in [0.717, 1.165) is 11.3 Å². The van der Waals surface area contributed by atoms with Crippen LogP contribution in [0.1, 0.15) is 12.8 Å². The topological polar surface area (TPSA) is 32.8 Å². The number of rotatable bonds is 5. The highest BCUT2D eigenvalue weighted by Gasteiger charge is 2.33. The highest BCUT2D eigenvalue weighted by Crippen LogP contribution is 2.18. The molecule has 0 aromatic heterocycles. The minimum atomic E-state index is -4.32. The molecule has 1 rings (SSSR count). The van der Waals surface area contributed by atoms with Gasteiger partial charge in [-0.05, 0) is 18.9 Å². The first-order chi connectivity index (χ1) is 8.78. The minimum Gasteiger partial charge on any atom is -0.497 e. The number of carbonyl (C=O) groups excluding carboxylic acids is 1. The molecule has 19 heavy (non-hydrogen) atoms. The minimum absolute atomic E-state index is 0.101. The van der Waals surface area contributed by atoms with Gasteiger partial charge in [0, 0.05) is 20.6 Å². The van der Waals surface area contributed by atoms with E-state index in [-0.39, 0.29) is 25.1 Å². The van der Waals surface area contributed by atoms with Crippen LogP contribution in [0.5, 0.6) is 0 Å². The van der Waals surface area contributed by atoms with Crippen molar-refractivity contribution in [3.63, 3.8) is 0 Å². The fourth-order valence-corrected chi connectivity index (χ4v) is 1.78. The van der Waals surface area contributed by atoms with Crippen LogP contribution in [0.3, 0.4) is 0 Å². The Morgan fingerprint density at radius 1 is 1.42 bits per heavy atom. The van der Waals surface area contributed by atoms with Gasteiger partial charge in [0.15, 0.2) is 0 Å². The van der Waals surface area contributed by atoms with Gasteiger partial charge in [0.2, 0.25) is 5.91 Å². The van der Waals surface area contributed by atoms with Crippen molar-refractivity contribution in [1.29, 1.82) is 0 Å². The molecule has 0 fully saturated rings. The fourth-order valence-electron chi connectivity index (χ4n) is 1.78. The van der Waals surface area contributed by atoms with Gasteiger partial charge in [0.05, 0.1) is 19.4 Å². The van der Waals surface area contributed by atoms with Gasteiger partial charge in [0.25, 0.3) is 0 Å². The van der Waals surface area contributed by atoms with Crippen LogP contribution in [-0.4, -0.2) is 61.7 Å². The Bertz CT molecular complexity index is 329. The molecule has 0 radical (unpaired) electrons. The number of halogens is 3. The fraction of sp³-hybridized carbons (Fsp3) is 0.750. The summed E-state index contributed by atoms with van der Waals surface area (Å²) in [6.07, 6.45) is 0.176. The maximum Gasteiger partial charge on any atom is 0.401 e. The van der Waals surface area contributed by atoms with Crippen LogP contribution < -0.4 is 0 Å². The van der Waals surface area contributed by atoms with Crippen LogP contribution in [0.2, 0.25) is 0 Å². The third kappa shape index (κ3) is 6.47. The lowest BCUT2D eigenvalue weighted by atomic mass is 10.1. The van der Waals surface area contributed by atoms with E-state index >= 15 is 0 Å². The number of hydrogen-bond acceptors (Lipinski definition) is 3. The normalized spacial score (nSPS) is 19.4. The summed E-state index contributed by atoms with van der Waals surface area (Å²) >= 11 is 0. The van der Waals surface area contributed by atoms with Gasteiger partial charge in [-0.2, -0.15) is 13.2 Å². The van der Waals surface area contributed by atoms with Gasteiger partial charge in [-0.15, -0.1) is 0 Å². The molecule has 1 unspecified atom stereocenters. The van der Waals surface area contributed by atoms with E-state index in [4.69, 9.17) is 4.74 Å². The second-order valence-corrected chi connectivity index (χ2v) is 4.78. The van der Waals surface area contributed by atoms with E-state index in [1.165, 1.54) is 25.3 Å². The average Bonchev–Trinajstić information content (AvgIpc) is 2.27. The van der Waals surface area contributed by atoms with E-state index in [1.54, 1.807) is 0 Å². The van der Waals surface area contributed by atoms with Crippen molar-refractivity contribution in [2.45, 2.75) is 25.1 Å². The molecule has 0 aliphatic carbocycles. The number of nitrogens with zero attached hydrogens (tertiary/aromatic N) is 2. The summed E-state index contributed by atoms with van der Waals surface area (Å²) in [7, 11) is 3.04. The molecule has 0 N–H and O–H groups in total. The summed E-state index contributed by atoms with van der Waals surface area (Å²) in [5.41, 5.74) is 0. The van der Waals surface area contributed by atoms with E-state index in [9.17, 15) is 18.0 Å². The second-order valence-electron chi connectivity index (χ2n) is 4.78. The number of allylic oxidation sites excluding steroid dienone is 1. The van der Waals surface area contributed by atoms with Crippen molar-refractivity contribution in [3.05, 3.63) is 12.3 Å². The number of hydrogen-bond donors (Lipinski definition) is 0. The van der Waals surface area contributed by atoms with E-state index in [2.05, 4.69) is 0 Å². The van der Waals surface area contributed by atoms with Crippen molar-refractivity contribution < 1.29 is 22.7 Å². The zero-order chi connectivity index (χ0) is 14.5. The summed E-state index contributed by atoms with van der Waals surface area (Å²) in [5, 5.41) is 0. The highest BCUT2D eigenvalue weighted by atomic mass is 19.4. The molecular weight excluding hydrogens is 261 g/mol. The molecular formula is C12H19F3N2O2. The van der Waals surface area contributed by atoms with E-state index in [1.807, 2.05) is 6.08 Å². The number of amides is 1. The van der Waals surface area contributed by atoms with Crippen molar-refractivity contribution in [3.8, 4) is 0 Å². The van der Waals surface area contributed by atoms with Gasteiger partial charge in [-0.3, -0.25) is 9.69 Å². The predicted octanol–water partition coefficient (Wildman–Crippen LogP) is 1.63. The third-order valence-electron chi connectivity index (χ3n) is 2.74. The molecule has 1 heterocycles. The molecule has 0 saturated carbocycles. The smallest absolute Gasteiger partial charge is 0.401 e. The first-order valence-electron chi connectivity index (χ1n) is 6.07. The van der Waals surface area contributed by atoms with Crippen LogP contribution in [-0.2, 0) is 9.53 Å². The number of ether oxygens (including phenoxy) is 1. The van der Waals surface area contributed by atoms with Crippen LogP contribution in [0.25, 0.3) is 0 Å². The molecule has 110 valence electrons. The number of alkyl halides is 3. The van der Waals surface area contributed by atoms with E-state index < -0.39 is 12.7 Å². The predicted molar refractivity (Wildman–Crippen MR) is 64.4 cm³/mol. The van der Waals surface area contributed by atoms with Crippen molar-refractivity contribution in [2.75, 3.05) is 33.7 Å². The van der Waals surface area contributed by atoms with E-state index in [0.29, 0.717) is 6.42 Å². The Morgan fingerprint density at radius 2 is 2.11 bits per heavy atom. The van der Waals surface area contributed by atoms with Gasteiger partial charge in [-0.1, -0.05) is 0 Å². The lowest BCUT2D eigenvalue weighted by Crippen LogP contribution is -2.45. The average molecular weight is 280 g/mol. The quantitative estimate of drug-likeness (QED) is 0.767. The van der Waals surface area contributed by atoms with Gasteiger partial charge >= 0.3 is 6.18 Å². The van der Waals surface area contributed by atoms with Crippen molar-refractivity contribution >= 4 is 5.91 Å². The SMILES string of the molecule is CN(C)C(=O)CN(CC1CCC=CO1)CC(F)(F)F. The first-order valence-corrected chi connectivity index (χ1v) is 6.07. The monoisotopic (exact) mass is 280 g/mol. The van der Waals surface area contributed by atoms with Gasteiger partial charge < -0.3 is 9.64 Å². The molecule has 1 amide bonds. The molecule has 7 heteroatoms. The van der Waals surface area contributed by atoms with Crippen molar-refractivity contribution in [1.82, 2.24) is 9.80 Å². The molecule has 1 aliphatic heterocycles.